The first-order valence-electron chi connectivity index (χ1n) is 7.79. The molecule has 0 saturated heterocycles. The summed E-state index contributed by atoms with van der Waals surface area (Å²) >= 11 is 3.52. The zero-order valence-electron chi connectivity index (χ0n) is 14.3. The number of aryl methyl sites for hydroxylation is 1. The van der Waals surface area contributed by atoms with Crippen LogP contribution in [-0.4, -0.2) is 29.8 Å². The Labute approximate surface area is 152 Å². The number of rotatable bonds is 7. The fourth-order valence-electron chi connectivity index (χ4n) is 1.99. The number of nitrogens with zero attached hydrogens (tertiary/aromatic N) is 3. The lowest BCUT2D eigenvalue weighted by Crippen LogP contribution is -2.14. The molecule has 126 valence electrons. The Balaban J connectivity index is 2.12. The minimum absolute atomic E-state index is 0.452. The van der Waals surface area contributed by atoms with Crippen LogP contribution in [0.1, 0.15) is 23.7 Å². The first kappa shape index (κ1) is 18.2. The summed E-state index contributed by atoms with van der Waals surface area (Å²) in [6.07, 6.45) is 3.62. The Bertz CT molecular complexity index is 743. The van der Waals surface area contributed by atoms with Gasteiger partial charge in [-0.1, -0.05) is 30.9 Å². The van der Waals surface area contributed by atoms with E-state index in [4.69, 9.17) is 4.74 Å². The van der Waals surface area contributed by atoms with Gasteiger partial charge >= 0.3 is 0 Å². The van der Waals surface area contributed by atoms with E-state index in [0.29, 0.717) is 12.5 Å². The number of ether oxygens (including phenoxy) is 1. The Kier molecular flexibility index (Phi) is 6.55. The van der Waals surface area contributed by atoms with Gasteiger partial charge in [-0.2, -0.15) is 0 Å². The topological polar surface area (TPSA) is 37.7 Å². The van der Waals surface area contributed by atoms with Gasteiger partial charge in [0.2, 0.25) is 5.88 Å². The van der Waals surface area contributed by atoms with Gasteiger partial charge in [0.15, 0.2) is 0 Å². The van der Waals surface area contributed by atoms with E-state index in [2.05, 4.69) is 39.4 Å². The highest BCUT2D eigenvalue weighted by molar-refractivity contribution is 9.10. The van der Waals surface area contributed by atoms with E-state index in [-0.39, 0.29) is 0 Å². The number of benzene rings is 1. The van der Waals surface area contributed by atoms with E-state index in [1.54, 1.807) is 6.34 Å². The Morgan fingerprint density at radius 3 is 2.88 bits per heavy atom. The third kappa shape index (κ3) is 4.93. The molecule has 0 atom stereocenters. The van der Waals surface area contributed by atoms with Crippen molar-refractivity contribution in [1.29, 1.82) is 0 Å². The quantitative estimate of drug-likeness (QED) is 0.496. The van der Waals surface area contributed by atoms with Gasteiger partial charge in [0.05, 0.1) is 22.2 Å². The molecule has 2 aromatic rings. The van der Waals surface area contributed by atoms with Crippen LogP contribution in [0.25, 0.3) is 6.08 Å². The predicted molar refractivity (Wildman–Crippen MR) is 104 cm³/mol. The summed E-state index contributed by atoms with van der Waals surface area (Å²) in [6, 6.07) is 10.00. The molecule has 4 nitrogen and oxygen atoms in total. The smallest absolute Gasteiger partial charge is 0.228 e. The average Bonchev–Trinajstić information content (AvgIpc) is 2.60. The van der Waals surface area contributed by atoms with Crippen LogP contribution < -0.4 is 4.74 Å². The SMILES string of the molecule is C=Cc1cccc(COc2nc(C)c(N=CN(C)CC)cc2Br)c1. The summed E-state index contributed by atoms with van der Waals surface area (Å²) in [5, 5.41) is 0. The van der Waals surface area contributed by atoms with Crippen molar-refractivity contribution in [2.45, 2.75) is 20.5 Å². The lowest BCUT2D eigenvalue weighted by atomic mass is 10.1. The van der Waals surface area contributed by atoms with Crippen LogP contribution in [0.15, 0.2) is 46.4 Å². The molecule has 0 aliphatic rings. The van der Waals surface area contributed by atoms with Crippen molar-refractivity contribution in [3.63, 3.8) is 0 Å². The average molecular weight is 388 g/mol. The largest absolute Gasteiger partial charge is 0.472 e. The number of aliphatic imine (C=N–C) groups is 1. The summed E-state index contributed by atoms with van der Waals surface area (Å²) in [5.41, 5.74) is 3.80. The predicted octanol–water partition coefficient (Wildman–Crippen LogP) is 4.99. The van der Waals surface area contributed by atoms with Gasteiger partial charge in [0, 0.05) is 13.6 Å². The molecule has 0 fully saturated rings. The van der Waals surface area contributed by atoms with Crippen molar-refractivity contribution in [3.05, 3.63) is 58.2 Å². The molecular weight excluding hydrogens is 366 g/mol. The lowest BCUT2D eigenvalue weighted by Gasteiger charge is -2.11. The minimum atomic E-state index is 0.452. The number of pyridine rings is 1. The van der Waals surface area contributed by atoms with Gasteiger partial charge in [-0.05, 0) is 53.0 Å². The van der Waals surface area contributed by atoms with Crippen LogP contribution >= 0.6 is 15.9 Å². The molecule has 0 radical (unpaired) electrons. The van der Waals surface area contributed by atoms with Crippen LogP contribution in [0.5, 0.6) is 5.88 Å². The minimum Gasteiger partial charge on any atom is -0.472 e. The summed E-state index contributed by atoms with van der Waals surface area (Å²) in [5.74, 6) is 0.569. The molecule has 1 aromatic heterocycles. The summed E-state index contributed by atoms with van der Waals surface area (Å²) in [4.78, 5) is 11.0. The Hall–Kier alpha value is -2.14. The van der Waals surface area contributed by atoms with Crippen LogP contribution in [-0.2, 0) is 6.61 Å². The van der Waals surface area contributed by atoms with Crippen LogP contribution in [0.3, 0.4) is 0 Å². The van der Waals surface area contributed by atoms with Crippen molar-refractivity contribution in [2.24, 2.45) is 4.99 Å². The highest BCUT2D eigenvalue weighted by atomic mass is 79.9. The van der Waals surface area contributed by atoms with Gasteiger partial charge in [0.25, 0.3) is 0 Å². The third-order valence-corrected chi connectivity index (χ3v) is 4.13. The zero-order chi connectivity index (χ0) is 17.5. The molecule has 5 heteroatoms. The van der Waals surface area contributed by atoms with Crippen LogP contribution in [0, 0.1) is 6.92 Å². The number of hydrogen-bond acceptors (Lipinski definition) is 3. The molecule has 0 amide bonds. The second-order valence-corrected chi connectivity index (χ2v) is 6.29. The Morgan fingerprint density at radius 2 is 2.17 bits per heavy atom. The highest BCUT2D eigenvalue weighted by Crippen LogP contribution is 2.30. The molecular formula is C19H22BrN3O. The van der Waals surface area contributed by atoms with E-state index in [1.165, 1.54) is 0 Å². The summed E-state index contributed by atoms with van der Waals surface area (Å²) in [6.45, 7) is 9.14. The third-order valence-electron chi connectivity index (χ3n) is 3.56. The molecule has 1 heterocycles. The van der Waals surface area contributed by atoms with Crippen molar-refractivity contribution >= 4 is 34.0 Å². The maximum atomic E-state index is 5.85. The van der Waals surface area contributed by atoms with Crippen LogP contribution in [0.4, 0.5) is 5.69 Å². The van der Waals surface area contributed by atoms with Gasteiger partial charge < -0.3 is 9.64 Å². The zero-order valence-corrected chi connectivity index (χ0v) is 15.9. The molecule has 0 saturated carbocycles. The molecule has 0 spiro atoms. The maximum absolute atomic E-state index is 5.85. The van der Waals surface area contributed by atoms with E-state index in [9.17, 15) is 0 Å². The van der Waals surface area contributed by atoms with Gasteiger partial charge in [0.1, 0.15) is 6.61 Å². The molecule has 0 aliphatic heterocycles. The van der Waals surface area contributed by atoms with Crippen molar-refractivity contribution < 1.29 is 4.74 Å². The summed E-state index contributed by atoms with van der Waals surface area (Å²) in [7, 11) is 1.98. The molecule has 0 N–H and O–H groups in total. The van der Waals surface area contributed by atoms with Crippen molar-refractivity contribution in [1.82, 2.24) is 9.88 Å². The molecule has 0 bridgehead atoms. The van der Waals surface area contributed by atoms with Crippen molar-refractivity contribution in [3.8, 4) is 5.88 Å². The van der Waals surface area contributed by atoms with Gasteiger partial charge in [-0.25, -0.2) is 9.98 Å². The lowest BCUT2D eigenvalue weighted by molar-refractivity contribution is 0.291. The molecule has 0 aliphatic carbocycles. The van der Waals surface area contributed by atoms with E-state index in [0.717, 1.165) is 33.5 Å². The molecule has 2 rings (SSSR count). The second kappa shape index (κ2) is 8.64. The first-order chi connectivity index (χ1) is 11.5. The first-order valence-corrected chi connectivity index (χ1v) is 8.58. The molecule has 0 unspecified atom stereocenters. The molecule has 24 heavy (non-hydrogen) atoms. The maximum Gasteiger partial charge on any atom is 0.228 e. The fourth-order valence-corrected chi connectivity index (χ4v) is 2.41. The van der Waals surface area contributed by atoms with Crippen LogP contribution in [0.2, 0.25) is 0 Å². The van der Waals surface area contributed by atoms with E-state index < -0.39 is 0 Å². The number of hydrogen-bond donors (Lipinski definition) is 0. The van der Waals surface area contributed by atoms with Crippen molar-refractivity contribution in [2.75, 3.05) is 13.6 Å². The van der Waals surface area contributed by atoms with Gasteiger partial charge in [-0.15, -0.1) is 0 Å². The number of aromatic nitrogens is 1. The van der Waals surface area contributed by atoms with E-state index in [1.807, 2.05) is 55.3 Å². The normalized spacial score (nSPS) is 10.8. The standard InChI is InChI=1S/C19H22BrN3O/c1-5-15-8-7-9-16(10-15)12-24-19-17(20)11-18(14(3)22-19)21-13-23(4)6-2/h5,7-11,13H,1,6,12H2,2-4H3. The molecule has 1 aromatic carbocycles. The monoisotopic (exact) mass is 387 g/mol. The second-order valence-electron chi connectivity index (χ2n) is 5.44. The Morgan fingerprint density at radius 1 is 1.38 bits per heavy atom. The summed E-state index contributed by atoms with van der Waals surface area (Å²) < 4.78 is 6.64. The van der Waals surface area contributed by atoms with Gasteiger partial charge in [-0.3, -0.25) is 0 Å². The fraction of sp³-hybridized carbons (Fsp3) is 0.263. The van der Waals surface area contributed by atoms with E-state index >= 15 is 0 Å². The number of halogens is 1. The highest BCUT2D eigenvalue weighted by Gasteiger charge is 2.08.